The fourth-order valence-electron chi connectivity index (χ4n) is 2.29. The van der Waals surface area contributed by atoms with E-state index in [-0.39, 0.29) is 30.0 Å². The molecule has 0 aliphatic heterocycles. The van der Waals surface area contributed by atoms with Gasteiger partial charge < -0.3 is 10.4 Å². The van der Waals surface area contributed by atoms with Crippen LogP contribution in [-0.4, -0.2) is 32.0 Å². The third-order valence-corrected chi connectivity index (χ3v) is 5.39. The highest BCUT2D eigenvalue weighted by Gasteiger charge is 2.26. The number of phenolic OH excluding ortho intramolecular Hbond substituents is 1. The quantitative estimate of drug-likeness (QED) is 0.578. The molecule has 0 fully saturated rings. The van der Waals surface area contributed by atoms with Gasteiger partial charge in [-0.25, -0.2) is 8.42 Å². The summed E-state index contributed by atoms with van der Waals surface area (Å²) in [6.45, 7) is 0.115. The van der Waals surface area contributed by atoms with Crippen LogP contribution in [-0.2, 0) is 21.2 Å². The van der Waals surface area contributed by atoms with Crippen LogP contribution >= 0.6 is 11.6 Å². The van der Waals surface area contributed by atoms with Gasteiger partial charge in [0.25, 0.3) is 0 Å². The number of carbonyl (C=O) groups excluding carboxylic acids is 1. The Morgan fingerprint density at radius 2 is 1.78 bits per heavy atom. The first-order valence-electron chi connectivity index (χ1n) is 8.02. The largest absolute Gasteiger partial charge is 0.508 e. The first-order chi connectivity index (χ1) is 12.8. The first-order valence-corrected chi connectivity index (χ1v) is 9.88. The standard InChI is InChI=1S/C18H18ClN3O4S/c19-14-4-8-16(9-5-14)27(25,26)22-17(18(24)21-11-1-10-20)12-13-2-6-15(23)7-3-13/h2-9,17,22-23H,1,11-12H2,(H,21,24). The predicted molar refractivity (Wildman–Crippen MR) is 101 cm³/mol. The van der Waals surface area contributed by atoms with Gasteiger partial charge in [0.1, 0.15) is 11.8 Å². The molecule has 0 saturated carbocycles. The zero-order chi connectivity index (χ0) is 19.9. The molecule has 0 aliphatic rings. The van der Waals surface area contributed by atoms with E-state index >= 15 is 0 Å². The average molecular weight is 408 g/mol. The number of aromatic hydroxyl groups is 1. The minimum atomic E-state index is -3.96. The number of nitrogens with one attached hydrogen (secondary N) is 2. The zero-order valence-electron chi connectivity index (χ0n) is 14.2. The van der Waals surface area contributed by atoms with Crippen LogP contribution in [0.3, 0.4) is 0 Å². The van der Waals surface area contributed by atoms with Crippen molar-refractivity contribution in [1.82, 2.24) is 10.0 Å². The second kappa shape index (κ2) is 9.37. The van der Waals surface area contributed by atoms with Gasteiger partial charge in [0.15, 0.2) is 0 Å². The molecule has 2 rings (SSSR count). The SMILES string of the molecule is N#CCCNC(=O)C(Cc1ccc(O)cc1)NS(=O)(=O)c1ccc(Cl)cc1. The first kappa shape index (κ1) is 20.7. The number of nitrogens with zero attached hydrogens (tertiary/aromatic N) is 1. The lowest BCUT2D eigenvalue weighted by atomic mass is 10.1. The van der Waals surface area contributed by atoms with Crippen LogP contribution in [0.2, 0.25) is 5.02 Å². The molecule has 0 aliphatic carbocycles. The molecule has 0 aromatic heterocycles. The van der Waals surface area contributed by atoms with E-state index in [4.69, 9.17) is 16.9 Å². The number of carbonyl (C=O) groups is 1. The molecule has 9 heteroatoms. The number of benzene rings is 2. The van der Waals surface area contributed by atoms with Gasteiger partial charge in [-0.3, -0.25) is 4.79 Å². The summed E-state index contributed by atoms with van der Waals surface area (Å²) in [6.07, 6.45) is 0.188. The van der Waals surface area contributed by atoms with Crippen molar-refractivity contribution >= 4 is 27.5 Å². The number of nitriles is 1. The molecule has 1 unspecified atom stereocenters. The predicted octanol–water partition coefficient (Wildman–Crippen LogP) is 1.97. The Bertz CT molecular complexity index is 923. The molecule has 0 heterocycles. The van der Waals surface area contributed by atoms with E-state index in [0.29, 0.717) is 10.6 Å². The molecule has 0 radical (unpaired) electrons. The lowest BCUT2D eigenvalue weighted by molar-refractivity contribution is -0.122. The maximum absolute atomic E-state index is 12.6. The fraction of sp³-hybridized carbons (Fsp3) is 0.222. The Hall–Kier alpha value is -2.60. The molecule has 2 aromatic rings. The highest BCUT2D eigenvalue weighted by Crippen LogP contribution is 2.16. The summed E-state index contributed by atoms with van der Waals surface area (Å²) < 4.78 is 27.6. The lowest BCUT2D eigenvalue weighted by Gasteiger charge is -2.18. The summed E-state index contributed by atoms with van der Waals surface area (Å²) in [5, 5.41) is 20.9. The molecule has 1 amide bonds. The van der Waals surface area contributed by atoms with Crippen molar-refractivity contribution in [2.75, 3.05) is 6.54 Å². The number of hydrogen-bond acceptors (Lipinski definition) is 5. The Kier molecular flexibility index (Phi) is 7.19. The van der Waals surface area contributed by atoms with Crippen molar-refractivity contribution < 1.29 is 18.3 Å². The molecule has 7 nitrogen and oxygen atoms in total. The fourth-order valence-corrected chi connectivity index (χ4v) is 3.61. The van der Waals surface area contributed by atoms with Crippen LogP contribution < -0.4 is 10.0 Å². The van der Waals surface area contributed by atoms with Crippen molar-refractivity contribution in [3.05, 3.63) is 59.1 Å². The maximum Gasteiger partial charge on any atom is 0.241 e. The molecule has 0 saturated heterocycles. The molecule has 0 bridgehead atoms. The Morgan fingerprint density at radius 1 is 1.15 bits per heavy atom. The molecule has 1 atom stereocenters. The highest BCUT2D eigenvalue weighted by atomic mass is 35.5. The van der Waals surface area contributed by atoms with Gasteiger partial charge in [-0.15, -0.1) is 0 Å². The van der Waals surface area contributed by atoms with Crippen LogP contribution in [0, 0.1) is 11.3 Å². The Balaban J connectivity index is 2.22. The van der Waals surface area contributed by atoms with Crippen molar-refractivity contribution in [2.24, 2.45) is 0 Å². The summed E-state index contributed by atoms with van der Waals surface area (Å²) in [4.78, 5) is 12.4. The van der Waals surface area contributed by atoms with Gasteiger partial charge in [0.05, 0.1) is 17.4 Å². The topological polar surface area (TPSA) is 119 Å². The van der Waals surface area contributed by atoms with E-state index in [1.54, 1.807) is 12.1 Å². The maximum atomic E-state index is 12.6. The summed E-state index contributed by atoms with van der Waals surface area (Å²) in [5.74, 6) is -0.480. The number of amides is 1. The summed E-state index contributed by atoms with van der Waals surface area (Å²) in [7, 11) is -3.96. The molecule has 142 valence electrons. The van der Waals surface area contributed by atoms with Crippen molar-refractivity contribution in [1.29, 1.82) is 5.26 Å². The van der Waals surface area contributed by atoms with Crippen molar-refractivity contribution in [3.63, 3.8) is 0 Å². The van der Waals surface area contributed by atoms with Crippen LogP contribution in [0.25, 0.3) is 0 Å². The van der Waals surface area contributed by atoms with Crippen LogP contribution in [0.1, 0.15) is 12.0 Å². The summed E-state index contributed by atoms with van der Waals surface area (Å²) >= 11 is 5.78. The van der Waals surface area contributed by atoms with Crippen molar-refractivity contribution in [2.45, 2.75) is 23.8 Å². The summed E-state index contributed by atoms with van der Waals surface area (Å²) in [6, 6.07) is 12.5. The van der Waals surface area contributed by atoms with Crippen LogP contribution in [0.15, 0.2) is 53.4 Å². The van der Waals surface area contributed by atoms with E-state index in [9.17, 15) is 18.3 Å². The molecule has 3 N–H and O–H groups in total. The average Bonchev–Trinajstić information content (AvgIpc) is 2.63. The van der Waals surface area contributed by atoms with E-state index in [0.717, 1.165) is 0 Å². The Labute approximate surface area is 162 Å². The van der Waals surface area contributed by atoms with E-state index in [1.807, 2.05) is 6.07 Å². The number of halogens is 1. The normalized spacial score (nSPS) is 12.1. The number of hydrogen-bond donors (Lipinski definition) is 3. The highest BCUT2D eigenvalue weighted by molar-refractivity contribution is 7.89. The number of sulfonamides is 1. The van der Waals surface area contributed by atoms with E-state index < -0.39 is 22.0 Å². The monoisotopic (exact) mass is 407 g/mol. The second-order valence-corrected chi connectivity index (χ2v) is 7.85. The van der Waals surface area contributed by atoms with Gasteiger partial charge in [-0.1, -0.05) is 23.7 Å². The number of phenols is 1. The van der Waals surface area contributed by atoms with Crippen molar-refractivity contribution in [3.8, 4) is 11.8 Å². The zero-order valence-corrected chi connectivity index (χ0v) is 15.8. The second-order valence-electron chi connectivity index (χ2n) is 5.70. The molecule has 27 heavy (non-hydrogen) atoms. The number of rotatable bonds is 8. The van der Waals surface area contributed by atoms with E-state index in [1.165, 1.54) is 36.4 Å². The van der Waals surface area contributed by atoms with Gasteiger partial charge >= 0.3 is 0 Å². The minimum absolute atomic E-state index is 0.0209. The van der Waals surface area contributed by atoms with Gasteiger partial charge in [-0.2, -0.15) is 9.98 Å². The molecular weight excluding hydrogens is 390 g/mol. The summed E-state index contributed by atoms with van der Waals surface area (Å²) in [5.41, 5.74) is 0.659. The smallest absolute Gasteiger partial charge is 0.241 e. The van der Waals surface area contributed by atoms with Gasteiger partial charge in [-0.05, 0) is 48.4 Å². The molecule has 2 aromatic carbocycles. The van der Waals surface area contributed by atoms with Crippen LogP contribution in [0.4, 0.5) is 0 Å². The lowest BCUT2D eigenvalue weighted by Crippen LogP contribution is -2.48. The Morgan fingerprint density at radius 3 is 2.37 bits per heavy atom. The molecular formula is C18H18ClN3O4S. The van der Waals surface area contributed by atoms with Gasteiger partial charge in [0, 0.05) is 11.6 Å². The molecule has 0 spiro atoms. The van der Waals surface area contributed by atoms with Crippen LogP contribution in [0.5, 0.6) is 5.75 Å². The van der Waals surface area contributed by atoms with Gasteiger partial charge in [0.2, 0.25) is 15.9 Å². The minimum Gasteiger partial charge on any atom is -0.508 e. The van der Waals surface area contributed by atoms with E-state index in [2.05, 4.69) is 10.0 Å². The third-order valence-electron chi connectivity index (χ3n) is 3.65. The third kappa shape index (κ3) is 6.25.